The summed E-state index contributed by atoms with van der Waals surface area (Å²) in [6.07, 6.45) is 0. The fraction of sp³-hybridized carbons (Fsp3) is 0.278. The number of hydrogen-bond acceptors (Lipinski definition) is 4. The van der Waals surface area contributed by atoms with Crippen LogP contribution >= 0.6 is 15.9 Å². The van der Waals surface area contributed by atoms with Crippen LogP contribution in [0, 0.1) is 13.8 Å². The molecule has 3 rings (SSSR count). The number of hydrogen-bond donors (Lipinski definition) is 1. The van der Waals surface area contributed by atoms with Crippen molar-refractivity contribution >= 4 is 27.5 Å². The molecule has 1 aliphatic rings. The Kier molecular flexibility index (Phi) is 4.94. The molecular formula is C18H18BrNO4. The summed E-state index contributed by atoms with van der Waals surface area (Å²) in [6.45, 7) is 4.89. The average molecular weight is 392 g/mol. The van der Waals surface area contributed by atoms with Crippen molar-refractivity contribution in [3.63, 3.8) is 0 Å². The van der Waals surface area contributed by atoms with E-state index >= 15 is 0 Å². The van der Waals surface area contributed by atoms with E-state index in [4.69, 9.17) is 14.2 Å². The molecule has 0 atom stereocenters. The first-order valence-corrected chi connectivity index (χ1v) is 8.41. The van der Waals surface area contributed by atoms with Gasteiger partial charge in [-0.05, 0) is 49.2 Å². The molecule has 0 saturated carbocycles. The topological polar surface area (TPSA) is 56.8 Å². The van der Waals surface area contributed by atoms with Gasteiger partial charge < -0.3 is 19.5 Å². The van der Waals surface area contributed by atoms with Crippen LogP contribution in [0.1, 0.15) is 11.1 Å². The number of nitrogens with one attached hydrogen (secondary N) is 1. The van der Waals surface area contributed by atoms with E-state index in [1.807, 2.05) is 26.0 Å². The number of carbonyl (C=O) groups excluding carboxylic acids is 1. The molecule has 0 spiro atoms. The summed E-state index contributed by atoms with van der Waals surface area (Å²) < 4.78 is 17.6. The van der Waals surface area contributed by atoms with Crippen LogP contribution in [0.25, 0.3) is 0 Å². The number of aryl methyl sites for hydroxylation is 2. The number of fused-ring (bicyclic) bond motifs is 1. The van der Waals surface area contributed by atoms with Crippen LogP contribution in [0.5, 0.6) is 17.2 Å². The van der Waals surface area contributed by atoms with E-state index in [1.54, 1.807) is 18.2 Å². The van der Waals surface area contributed by atoms with Crippen molar-refractivity contribution in [1.29, 1.82) is 0 Å². The predicted molar refractivity (Wildman–Crippen MR) is 95.2 cm³/mol. The van der Waals surface area contributed by atoms with Crippen LogP contribution in [0.15, 0.2) is 34.8 Å². The third-order valence-corrected chi connectivity index (χ3v) is 4.06. The SMILES string of the molecule is Cc1cc(Br)cc(C)c1OCC(=O)Nc1ccc2c(c1)OCCO2. The zero-order valence-corrected chi connectivity index (χ0v) is 15.1. The van der Waals surface area contributed by atoms with Gasteiger partial charge in [-0.2, -0.15) is 0 Å². The maximum absolute atomic E-state index is 12.1. The lowest BCUT2D eigenvalue weighted by atomic mass is 10.1. The standard InChI is InChI=1S/C18H18BrNO4/c1-11-7-13(19)8-12(2)18(11)24-10-17(21)20-14-3-4-15-16(9-14)23-6-5-22-15/h3-4,7-9H,5-6,10H2,1-2H3,(H,20,21). The Hall–Kier alpha value is -2.21. The molecule has 126 valence electrons. The van der Waals surface area contributed by atoms with E-state index in [-0.39, 0.29) is 12.5 Å². The number of anilines is 1. The summed E-state index contributed by atoms with van der Waals surface area (Å²) in [5, 5.41) is 2.80. The molecule has 0 bridgehead atoms. The summed E-state index contributed by atoms with van der Waals surface area (Å²) in [7, 11) is 0. The van der Waals surface area contributed by atoms with Gasteiger partial charge in [-0.3, -0.25) is 4.79 Å². The first-order valence-electron chi connectivity index (χ1n) is 7.62. The van der Waals surface area contributed by atoms with Gasteiger partial charge >= 0.3 is 0 Å². The molecule has 0 radical (unpaired) electrons. The highest BCUT2D eigenvalue weighted by atomic mass is 79.9. The van der Waals surface area contributed by atoms with Crippen LogP contribution in [0.2, 0.25) is 0 Å². The second kappa shape index (κ2) is 7.13. The van der Waals surface area contributed by atoms with E-state index in [1.165, 1.54) is 0 Å². The van der Waals surface area contributed by atoms with E-state index in [0.29, 0.717) is 30.4 Å². The zero-order valence-electron chi connectivity index (χ0n) is 13.5. The quantitative estimate of drug-likeness (QED) is 0.859. The van der Waals surface area contributed by atoms with Gasteiger partial charge in [0.15, 0.2) is 18.1 Å². The first kappa shape index (κ1) is 16.6. The van der Waals surface area contributed by atoms with Crippen LogP contribution in [-0.2, 0) is 4.79 Å². The summed E-state index contributed by atoms with van der Waals surface area (Å²) in [5.41, 5.74) is 2.61. The van der Waals surface area contributed by atoms with Crippen LogP contribution in [0.3, 0.4) is 0 Å². The summed E-state index contributed by atoms with van der Waals surface area (Å²) in [4.78, 5) is 12.1. The molecule has 24 heavy (non-hydrogen) atoms. The number of rotatable bonds is 4. The van der Waals surface area contributed by atoms with E-state index in [9.17, 15) is 4.79 Å². The Bertz CT molecular complexity index is 753. The third-order valence-electron chi connectivity index (χ3n) is 3.60. The van der Waals surface area contributed by atoms with E-state index < -0.39 is 0 Å². The molecule has 0 aromatic heterocycles. The van der Waals surface area contributed by atoms with Gasteiger partial charge in [0.25, 0.3) is 5.91 Å². The molecule has 5 nitrogen and oxygen atoms in total. The monoisotopic (exact) mass is 391 g/mol. The molecule has 2 aromatic rings. The number of carbonyl (C=O) groups is 1. The second-order valence-electron chi connectivity index (χ2n) is 5.56. The Morgan fingerprint density at radius 1 is 1.12 bits per heavy atom. The van der Waals surface area contributed by atoms with Crippen LogP contribution in [0.4, 0.5) is 5.69 Å². The van der Waals surface area contributed by atoms with Crippen molar-refractivity contribution < 1.29 is 19.0 Å². The molecule has 2 aromatic carbocycles. The second-order valence-corrected chi connectivity index (χ2v) is 6.48. The molecule has 0 aliphatic carbocycles. The molecule has 1 aliphatic heterocycles. The summed E-state index contributed by atoms with van der Waals surface area (Å²) >= 11 is 3.44. The van der Waals surface area contributed by atoms with Crippen molar-refractivity contribution in [2.75, 3.05) is 25.1 Å². The number of halogens is 1. The van der Waals surface area contributed by atoms with Crippen molar-refractivity contribution in [1.82, 2.24) is 0 Å². The van der Waals surface area contributed by atoms with Gasteiger partial charge in [-0.25, -0.2) is 0 Å². The highest BCUT2D eigenvalue weighted by molar-refractivity contribution is 9.10. The van der Waals surface area contributed by atoms with Crippen molar-refractivity contribution in [2.24, 2.45) is 0 Å². The highest BCUT2D eigenvalue weighted by Crippen LogP contribution is 2.32. The predicted octanol–water partition coefficient (Wildman–Crippen LogP) is 3.85. The molecule has 6 heteroatoms. The average Bonchev–Trinajstić information content (AvgIpc) is 2.53. The van der Waals surface area contributed by atoms with Crippen molar-refractivity contribution in [3.05, 3.63) is 45.9 Å². The van der Waals surface area contributed by atoms with Gasteiger partial charge in [0.2, 0.25) is 0 Å². The minimum Gasteiger partial charge on any atom is -0.486 e. The normalized spacial score (nSPS) is 12.6. The van der Waals surface area contributed by atoms with Gasteiger partial charge in [0.1, 0.15) is 19.0 Å². The fourth-order valence-electron chi connectivity index (χ4n) is 2.58. The van der Waals surface area contributed by atoms with E-state index in [0.717, 1.165) is 21.3 Å². The van der Waals surface area contributed by atoms with Gasteiger partial charge in [-0.1, -0.05) is 15.9 Å². The summed E-state index contributed by atoms with van der Waals surface area (Å²) in [5.74, 6) is 1.83. The lowest BCUT2D eigenvalue weighted by Crippen LogP contribution is -2.21. The molecule has 1 N–H and O–H groups in total. The Morgan fingerprint density at radius 3 is 2.50 bits per heavy atom. The van der Waals surface area contributed by atoms with Crippen molar-refractivity contribution in [2.45, 2.75) is 13.8 Å². The Labute approximate surface area is 149 Å². The third kappa shape index (κ3) is 3.82. The number of amides is 1. The molecule has 1 heterocycles. The van der Waals surface area contributed by atoms with Gasteiger partial charge in [0, 0.05) is 16.2 Å². The maximum atomic E-state index is 12.1. The Balaban J connectivity index is 1.62. The van der Waals surface area contributed by atoms with E-state index in [2.05, 4.69) is 21.2 Å². The molecule has 0 fully saturated rings. The molecular weight excluding hydrogens is 374 g/mol. The highest BCUT2D eigenvalue weighted by Gasteiger charge is 2.13. The van der Waals surface area contributed by atoms with Crippen LogP contribution < -0.4 is 19.5 Å². The van der Waals surface area contributed by atoms with Crippen LogP contribution in [-0.4, -0.2) is 25.7 Å². The fourth-order valence-corrected chi connectivity index (χ4v) is 3.27. The minimum absolute atomic E-state index is 0.0578. The first-order chi connectivity index (χ1) is 11.5. The Morgan fingerprint density at radius 2 is 1.79 bits per heavy atom. The van der Waals surface area contributed by atoms with Crippen molar-refractivity contribution in [3.8, 4) is 17.2 Å². The summed E-state index contributed by atoms with van der Waals surface area (Å²) in [6, 6.07) is 9.24. The number of benzene rings is 2. The van der Waals surface area contributed by atoms with Gasteiger partial charge in [-0.15, -0.1) is 0 Å². The minimum atomic E-state index is -0.228. The smallest absolute Gasteiger partial charge is 0.262 e. The molecule has 1 amide bonds. The number of ether oxygens (including phenoxy) is 3. The lowest BCUT2D eigenvalue weighted by molar-refractivity contribution is -0.118. The largest absolute Gasteiger partial charge is 0.486 e. The lowest BCUT2D eigenvalue weighted by Gasteiger charge is -2.19. The maximum Gasteiger partial charge on any atom is 0.262 e. The zero-order chi connectivity index (χ0) is 17.1. The van der Waals surface area contributed by atoms with Gasteiger partial charge in [0.05, 0.1) is 0 Å². The molecule has 0 unspecified atom stereocenters. The molecule has 0 saturated heterocycles.